The topological polar surface area (TPSA) is 172 Å². The summed E-state index contributed by atoms with van der Waals surface area (Å²) in [7, 11) is -4.73. The maximum absolute atomic E-state index is 12.6. The van der Waals surface area contributed by atoms with Crippen LogP contribution in [0.15, 0.2) is 72.9 Å². The third-order valence-corrected chi connectivity index (χ3v) is 8.89. The number of aliphatic carboxylic acids is 1. The molecule has 0 saturated heterocycles. The first-order valence-electron chi connectivity index (χ1n) is 20.0. The highest BCUT2D eigenvalue weighted by Gasteiger charge is 2.28. The fourth-order valence-corrected chi connectivity index (χ4v) is 5.57. The number of ether oxygens (including phenoxy) is 2. The van der Waals surface area contributed by atoms with Gasteiger partial charge in [-0.25, -0.2) is 4.57 Å². The molecule has 0 bridgehead atoms. The van der Waals surface area contributed by atoms with E-state index in [-0.39, 0.29) is 19.4 Å². The molecule has 12 heteroatoms. The van der Waals surface area contributed by atoms with Crippen LogP contribution in [0.5, 0.6) is 0 Å². The van der Waals surface area contributed by atoms with Crippen LogP contribution in [-0.2, 0) is 37.5 Å². The van der Waals surface area contributed by atoms with Crippen LogP contribution >= 0.6 is 7.82 Å². The summed E-state index contributed by atoms with van der Waals surface area (Å²) in [6, 6.07) is -1.53. The van der Waals surface area contributed by atoms with Crippen LogP contribution in [-0.4, -0.2) is 59.9 Å². The van der Waals surface area contributed by atoms with Crippen molar-refractivity contribution < 1.29 is 47.5 Å². The Labute approximate surface area is 325 Å². The summed E-state index contributed by atoms with van der Waals surface area (Å²) in [5.41, 5.74) is 5.32. The average Bonchev–Trinajstić information content (AvgIpc) is 3.14. The summed E-state index contributed by atoms with van der Waals surface area (Å²) in [6.07, 6.45) is 42.6. The molecule has 0 aromatic heterocycles. The van der Waals surface area contributed by atoms with Gasteiger partial charge in [0.1, 0.15) is 12.6 Å². The lowest BCUT2D eigenvalue weighted by Crippen LogP contribution is -2.34. The van der Waals surface area contributed by atoms with Crippen LogP contribution < -0.4 is 5.73 Å². The van der Waals surface area contributed by atoms with Crippen molar-refractivity contribution in [2.75, 3.05) is 19.8 Å². The fourth-order valence-electron chi connectivity index (χ4n) is 4.79. The SMILES string of the molecule is CC/C=C/C/C=C/C/C=C/CCCCCCCC(=O)O[C@H](COC(=O)CCCC/C=C/C/C=C/C/C=C/CCCCC)COP(=O)(O)OC[C@H](N)C(=O)O. The third kappa shape index (κ3) is 35.9. The van der Waals surface area contributed by atoms with Crippen molar-refractivity contribution in [1.82, 2.24) is 0 Å². The van der Waals surface area contributed by atoms with E-state index in [4.69, 9.17) is 24.8 Å². The van der Waals surface area contributed by atoms with Gasteiger partial charge in [-0.2, -0.15) is 0 Å². The molecule has 3 atom stereocenters. The summed E-state index contributed by atoms with van der Waals surface area (Å²) in [4.78, 5) is 45.8. The van der Waals surface area contributed by atoms with Gasteiger partial charge in [-0.05, 0) is 83.5 Å². The summed E-state index contributed by atoms with van der Waals surface area (Å²) in [5.74, 6) is -2.46. The van der Waals surface area contributed by atoms with E-state index in [1.54, 1.807) is 0 Å². The quantitative estimate of drug-likeness (QED) is 0.0239. The molecule has 0 aliphatic carbocycles. The molecule has 0 fully saturated rings. The number of phosphoric acid groups is 1. The molecule has 0 aromatic rings. The number of carboxylic acid groups (broad SMARTS) is 1. The number of phosphoric ester groups is 1. The van der Waals surface area contributed by atoms with E-state index >= 15 is 0 Å². The molecule has 4 N–H and O–H groups in total. The summed E-state index contributed by atoms with van der Waals surface area (Å²) < 4.78 is 32.6. The highest BCUT2D eigenvalue weighted by molar-refractivity contribution is 7.47. The van der Waals surface area contributed by atoms with Crippen molar-refractivity contribution in [2.24, 2.45) is 5.73 Å². The molecule has 0 heterocycles. The highest BCUT2D eigenvalue weighted by atomic mass is 31.2. The molecular formula is C42H70NO10P. The maximum Gasteiger partial charge on any atom is 0.472 e. The van der Waals surface area contributed by atoms with Gasteiger partial charge in [0, 0.05) is 12.8 Å². The zero-order valence-corrected chi connectivity index (χ0v) is 33.9. The number of rotatable bonds is 36. The monoisotopic (exact) mass is 779 g/mol. The Morgan fingerprint density at radius 1 is 0.593 bits per heavy atom. The number of esters is 2. The van der Waals surface area contributed by atoms with Crippen molar-refractivity contribution in [3.63, 3.8) is 0 Å². The minimum absolute atomic E-state index is 0.129. The second-order valence-corrected chi connectivity index (χ2v) is 14.5. The number of hydrogen-bond acceptors (Lipinski definition) is 9. The number of allylic oxidation sites excluding steroid dienone is 12. The van der Waals surface area contributed by atoms with E-state index in [1.807, 2.05) is 0 Å². The Bertz CT molecular complexity index is 1190. The van der Waals surface area contributed by atoms with Crippen LogP contribution in [0.2, 0.25) is 0 Å². The van der Waals surface area contributed by atoms with Gasteiger partial charge in [0.25, 0.3) is 0 Å². The lowest BCUT2D eigenvalue weighted by atomic mass is 10.1. The zero-order valence-electron chi connectivity index (χ0n) is 33.0. The Kier molecular flexibility index (Phi) is 34.8. The normalized spacial score (nSPS) is 14.6. The summed E-state index contributed by atoms with van der Waals surface area (Å²) >= 11 is 0. The lowest BCUT2D eigenvalue weighted by molar-refractivity contribution is -0.161. The van der Waals surface area contributed by atoms with Gasteiger partial charge in [0.2, 0.25) is 0 Å². The predicted octanol–water partition coefficient (Wildman–Crippen LogP) is 10.2. The molecule has 0 saturated carbocycles. The van der Waals surface area contributed by atoms with Gasteiger partial charge in [0.15, 0.2) is 6.10 Å². The van der Waals surface area contributed by atoms with Gasteiger partial charge in [-0.1, -0.05) is 119 Å². The molecule has 0 spiro atoms. The number of hydrogen-bond donors (Lipinski definition) is 3. The molecule has 0 amide bonds. The van der Waals surface area contributed by atoms with E-state index < -0.39 is 51.1 Å². The van der Waals surface area contributed by atoms with Crippen LogP contribution in [0.1, 0.15) is 142 Å². The highest BCUT2D eigenvalue weighted by Crippen LogP contribution is 2.43. The number of nitrogens with two attached hydrogens (primary N) is 1. The second-order valence-electron chi connectivity index (χ2n) is 13.0. The van der Waals surface area contributed by atoms with E-state index in [0.29, 0.717) is 12.8 Å². The minimum atomic E-state index is -4.73. The Morgan fingerprint density at radius 3 is 1.59 bits per heavy atom. The van der Waals surface area contributed by atoms with Crippen molar-refractivity contribution in [3.05, 3.63) is 72.9 Å². The molecule has 11 nitrogen and oxygen atoms in total. The zero-order chi connectivity index (χ0) is 40.0. The first-order valence-corrected chi connectivity index (χ1v) is 21.5. The molecule has 0 aliphatic heterocycles. The van der Waals surface area contributed by atoms with Crippen LogP contribution in [0.25, 0.3) is 0 Å². The Hall–Kier alpha value is -3.08. The molecule has 54 heavy (non-hydrogen) atoms. The van der Waals surface area contributed by atoms with E-state index in [9.17, 15) is 23.8 Å². The van der Waals surface area contributed by atoms with Crippen molar-refractivity contribution in [1.29, 1.82) is 0 Å². The fraction of sp³-hybridized carbons (Fsp3) is 0.643. The maximum atomic E-state index is 12.6. The van der Waals surface area contributed by atoms with Crippen LogP contribution in [0, 0.1) is 0 Å². The number of carboxylic acids is 1. The molecule has 0 radical (unpaired) electrons. The van der Waals surface area contributed by atoms with Gasteiger partial charge >= 0.3 is 25.7 Å². The average molecular weight is 780 g/mol. The smallest absolute Gasteiger partial charge is 0.472 e. The van der Waals surface area contributed by atoms with Crippen molar-refractivity contribution >= 4 is 25.7 Å². The molecular weight excluding hydrogens is 709 g/mol. The van der Waals surface area contributed by atoms with Gasteiger partial charge in [0.05, 0.1) is 13.2 Å². The summed E-state index contributed by atoms with van der Waals surface area (Å²) in [6.45, 7) is 2.57. The van der Waals surface area contributed by atoms with Gasteiger partial charge in [-0.3, -0.25) is 23.4 Å². The predicted molar refractivity (Wildman–Crippen MR) is 217 cm³/mol. The van der Waals surface area contributed by atoms with Crippen LogP contribution in [0.3, 0.4) is 0 Å². The third-order valence-electron chi connectivity index (χ3n) is 7.94. The first-order chi connectivity index (χ1) is 26.1. The molecule has 308 valence electrons. The van der Waals surface area contributed by atoms with Gasteiger partial charge < -0.3 is 25.2 Å². The largest absolute Gasteiger partial charge is 0.480 e. The molecule has 0 aliphatic rings. The van der Waals surface area contributed by atoms with E-state index in [1.165, 1.54) is 19.3 Å². The summed E-state index contributed by atoms with van der Waals surface area (Å²) in [5, 5.41) is 8.87. The number of carbonyl (C=O) groups excluding carboxylic acids is 2. The first kappa shape index (κ1) is 50.9. The standard InChI is InChI=1S/C42H70NO10P/c1-3-5-7-9-11-13-15-17-19-21-23-25-27-29-31-33-40(44)50-35-38(36-51-54(48,49)52-37-39(43)42(46)47)53-41(45)34-32-30-28-26-24-22-20-18-16-14-12-10-8-6-4-2/h6,8,11-14,17-20,23,25,38-39H,3-5,7,9-10,15-16,21-22,24,26-37,43H2,1-2H3,(H,46,47)(H,48,49)/b8-6+,13-11+,14-12+,19-17+,20-18+,25-23+/t38-,39+/m1/s1. The van der Waals surface area contributed by atoms with Crippen molar-refractivity contribution in [3.8, 4) is 0 Å². The second kappa shape index (κ2) is 36.9. The van der Waals surface area contributed by atoms with Crippen LogP contribution in [0.4, 0.5) is 0 Å². The lowest BCUT2D eigenvalue weighted by Gasteiger charge is -2.20. The molecule has 0 aromatic carbocycles. The molecule has 1 unspecified atom stereocenters. The van der Waals surface area contributed by atoms with Crippen molar-refractivity contribution in [2.45, 2.75) is 154 Å². The van der Waals surface area contributed by atoms with E-state index in [2.05, 4.69) is 91.3 Å². The Morgan fingerprint density at radius 2 is 1.04 bits per heavy atom. The Balaban J connectivity index is 4.53. The minimum Gasteiger partial charge on any atom is -0.480 e. The van der Waals surface area contributed by atoms with Gasteiger partial charge in [-0.15, -0.1) is 0 Å². The number of carbonyl (C=O) groups is 3. The number of unbranched alkanes of at least 4 members (excludes halogenated alkanes) is 10. The molecule has 0 rings (SSSR count). The van der Waals surface area contributed by atoms with E-state index in [0.717, 1.165) is 83.5 Å².